The van der Waals surface area contributed by atoms with Crippen molar-refractivity contribution in [1.82, 2.24) is 9.80 Å². The molecular formula is C22H29F3N2O4. The van der Waals surface area contributed by atoms with Gasteiger partial charge < -0.3 is 19.6 Å². The van der Waals surface area contributed by atoms with Crippen LogP contribution in [0, 0.1) is 17.7 Å². The van der Waals surface area contributed by atoms with E-state index in [0.717, 1.165) is 6.07 Å². The topological polar surface area (TPSA) is 70.1 Å². The fraction of sp³-hybridized carbons (Fsp3) is 0.636. The number of benzene rings is 1. The number of hydrogen-bond acceptors (Lipinski definition) is 4. The zero-order chi connectivity index (χ0) is 22.9. The highest BCUT2D eigenvalue weighted by Gasteiger charge is 2.47. The first-order valence-corrected chi connectivity index (χ1v) is 10.5. The van der Waals surface area contributed by atoms with E-state index < -0.39 is 41.7 Å². The molecular weight excluding hydrogens is 413 g/mol. The van der Waals surface area contributed by atoms with Gasteiger partial charge in [-0.3, -0.25) is 4.79 Å². The van der Waals surface area contributed by atoms with E-state index >= 15 is 0 Å². The van der Waals surface area contributed by atoms with Crippen molar-refractivity contribution in [2.75, 3.05) is 26.2 Å². The van der Waals surface area contributed by atoms with Gasteiger partial charge in [0.2, 0.25) is 12.3 Å². The second-order valence-corrected chi connectivity index (χ2v) is 9.36. The Balaban J connectivity index is 1.73. The van der Waals surface area contributed by atoms with Crippen molar-refractivity contribution in [3.8, 4) is 5.75 Å². The Bertz CT molecular complexity index is 807. The van der Waals surface area contributed by atoms with Crippen LogP contribution in [0.15, 0.2) is 18.2 Å². The van der Waals surface area contributed by atoms with Gasteiger partial charge >= 0.3 is 6.09 Å². The number of hydrogen-bond donors (Lipinski definition) is 1. The number of ether oxygens (including phenoxy) is 1. The number of phenols is 1. The maximum Gasteiger partial charge on any atom is 0.410 e. The molecule has 1 unspecified atom stereocenters. The normalized spacial score (nSPS) is 24.5. The molecule has 3 rings (SSSR count). The fourth-order valence-electron chi connectivity index (χ4n) is 4.34. The second-order valence-electron chi connectivity index (χ2n) is 9.36. The molecule has 0 aromatic heterocycles. The first-order valence-electron chi connectivity index (χ1n) is 10.5. The van der Waals surface area contributed by atoms with Crippen molar-refractivity contribution in [2.24, 2.45) is 11.8 Å². The number of carbonyl (C=O) groups is 2. The maximum atomic E-state index is 13.7. The van der Waals surface area contributed by atoms with E-state index in [4.69, 9.17) is 4.74 Å². The largest absolute Gasteiger partial charge is 0.508 e. The van der Waals surface area contributed by atoms with Gasteiger partial charge in [-0.2, -0.15) is 0 Å². The van der Waals surface area contributed by atoms with Gasteiger partial charge in [-0.05, 0) is 51.3 Å². The molecule has 0 aliphatic carbocycles. The first kappa shape index (κ1) is 23.2. The maximum absolute atomic E-state index is 13.7. The number of halogens is 3. The quantitative estimate of drug-likeness (QED) is 0.769. The van der Waals surface area contributed by atoms with Crippen LogP contribution in [0.2, 0.25) is 0 Å². The molecule has 3 atom stereocenters. The number of likely N-dealkylation sites (tertiary alicyclic amines) is 2. The summed E-state index contributed by atoms with van der Waals surface area (Å²) in [5, 5.41) is 9.68. The van der Waals surface area contributed by atoms with Gasteiger partial charge in [0, 0.05) is 38.2 Å². The molecule has 0 spiro atoms. The van der Waals surface area contributed by atoms with Crippen LogP contribution in [0.1, 0.15) is 45.1 Å². The van der Waals surface area contributed by atoms with Gasteiger partial charge in [0.05, 0.1) is 11.8 Å². The summed E-state index contributed by atoms with van der Waals surface area (Å²) in [7, 11) is 0. The average Bonchev–Trinajstić information content (AvgIpc) is 3.11. The Labute approximate surface area is 180 Å². The van der Waals surface area contributed by atoms with E-state index in [9.17, 15) is 27.9 Å². The Morgan fingerprint density at radius 2 is 1.84 bits per heavy atom. The monoisotopic (exact) mass is 442 g/mol. The highest BCUT2D eigenvalue weighted by Crippen LogP contribution is 2.35. The number of phenolic OH excluding ortho intramolecular Hbond substituents is 1. The van der Waals surface area contributed by atoms with Crippen LogP contribution in [0.25, 0.3) is 0 Å². The van der Waals surface area contributed by atoms with Crippen LogP contribution in [-0.2, 0) is 9.53 Å². The van der Waals surface area contributed by atoms with Crippen LogP contribution >= 0.6 is 0 Å². The molecule has 2 aliphatic rings. The molecule has 2 amide bonds. The molecule has 6 nitrogen and oxygen atoms in total. The van der Waals surface area contributed by atoms with Crippen molar-refractivity contribution in [1.29, 1.82) is 0 Å². The molecule has 0 bridgehead atoms. The number of nitrogens with zero attached hydrogens (tertiary/aromatic N) is 2. The molecule has 9 heteroatoms. The van der Waals surface area contributed by atoms with Gasteiger partial charge in [0.25, 0.3) is 0 Å². The van der Waals surface area contributed by atoms with Crippen molar-refractivity contribution in [3.05, 3.63) is 29.6 Å². The minimum Gasteiger partial charge on any atom is -0.508 e. The van der Waals surface area contributed by atoms with Crippen molar-refractivity contribution >= 4 is 12.0 Å². The third kappa shape index (κ3) is 5.62. The molecule has 172 valence electrons. The number of carbonyl (C=O) groups excluding carboxylic acids is 2. The predicted molar refractivity (Wildman–Crippen MR) is 107 cm³/mol. The molecule has 1 aromatic carbocycles. The standard InChI is InChI=1S/C22H29F3N2O4/c1-22(2,3)31-21(30)27-11-17(19(24)25)18(12-27)20(29)26-6-4-5-13(10-26)14-7-15(23)9-16(28)8-14/h7-9,13,17-19,28H,4-6,10-12H2,1-3H3/t13?,17-,18-/m1/s1. The van der Waals surface area contributed by atoms with Crippen LogP contribution < -0.4 is 0 Å². The number of amides is 2. The summed E-state index contributed by atoms with van der Waals surface area (Å²) in [5.74, 6) is -3.68. The third-order valence-corrected chi connectivity index (χ3v) is 5.77. The van der Waals surface area contributed by atoms with Gasteiger partial charge in [-0.1, -0.05) is 0 Å². The van der Waals surface area contributed by atoms with E-state index in [2.05, 4.69) is 0 Å². The average molecular weight is 442 g/mol. The number of rotatable bonds is 3. The zero-order valence-electron chi connectivity index (χ0n) is 18.0. The summed E-state index contributed by atoms with van der Waals surface area (Å²) < 4.78 is 46.4. The van der Waals surface area contributed by atoms with Gasteiger partial charge in [-0.25, -0.2) is 18.0 Å². The first-order chi connectivity index (χ1) is 14.4. The van der Waals surface area contributed by atoms with Gasteiger partial charge in [0.15, 0.2) is 0 Å². The van der Waals surface area contributed by atoms with Crippen LogP contribution in [-0.4, -0.2) is 65.1 Å². The number of piperidine rings is 1. The van der Waals surface area contributed by atoms with Crippen molar-refractivity contribution < 1.29 is 32.6 Å². The van der Waals surface area contributed by atoms with Gasteiger partial charge in [-0.15, -0.1) is 0 Å². The van der Waals surface area contributed by atoms with E-state index in [1.807, 2.05) is 0 Å². The Morgan fingerprint density at radius 3 is 2.45 bits per heavy atom. The van der Waals surface area contributed by atoms with Crippen LogP contribution in [0.3, 0.4) is 0 Å². The lowest BCUT2D eigenvalue weighted by atomic mass is 9.88. The highest BCUT2D eigenvalue weighted by molar-refractivity contribution is 5.81. The van der Waals surface area contributed by atoms with E-state index in [-0.39, 0.29) is 31.3 Å². The Morgan fingerprint density at radius 1 is 1.13 bits per heavy atom. The SMILES string of the molecule is CC(C)(C)OC(=O)N1C[C@@H](C(=O)N2CCCC(c3cc(O)cc(F)c3)C2)[C@H](C(F)F)C1. The lowest BCUT2D eigenvalue weighted by Crippen LogP contribution is -2.45. The molecule has 2 fully saturated rings. The fourth-order valence-corrected chi connectivity index (χ4v) is 4.34. The summed E-state index contributed by atoms with van der Waals surface area (Å²) in [6, 6.07) is 3.79. The molecule has 2 aliphatic heterocycles. The lowest BCUT2D eigenvalue weighted by molar-refractivity contribution is -0.139. The second kappa shape index (κ2) is 8.96. The summed E-state index contributed by atoms with van der Waals surface area (Å²) in [4.78, 5) is 28.2. The summed E-state index contributed by atoms with van der Waals surface area (Å²) in [6.07, 6.45) is -2.13. The van der Waals surface area contributed by atoms with Gasteiger partial charge in [0.1, 0.15) is 17.2 Å². The Kier molecular flexibility index (Phi) is 6.71. The number of aromatic hydroxyl groups is 1. The van der Waals surface area contributed by atoms with E-state index in [1.165, 1.54) is 21.9 Å². The molecule has 31 heavy (non-hydrogen) atoms. The predicted octanol–water partition coefficient (Wildman–Crippen LogP) is 3.99. The zero-order valence-corrected chi connectivity index (χ0v) is 18.0. The Hall–Kier alpha value is -2.45. The highest BCUT2D eigenvalue weighted by atomic mass is 19.3. The lowest BCUT2D eigenvalue weighted by Gasteiger charge is -2.35. The summed E-state index contributed by atoms with van der Waals surface area (Å²) in [5.41, 5.74) is -0.196. The van der Waals surface area contributed by atoms with Crippen molar-refractivity contribution in [2.45, 2.75) is 51.6 Å². The van der Waals surface area contributed by atoms with E-state index in [0.29, 0.717) is 24.9 Å². The smallest absolute Gasteiger partial charge is 0.410 e. The molecule has 2 saturated heterocycles. The van der Waals surface area contributed by atoms with E-state index in [1.54, 1.807) is 20.8 Å². The summed E-state index contributed by atoms with van der Waals surface area (Å²) in [6.45, 7) is 5.36. The minimum atomic E-state index is -2.75. The molecule has 1 aromatic rings. The van der Waals surface area contributed by atoms with Crippen LogP contribution in [0.4, 0.5) is 18.0 Å². The number of alkyl halides is 2. The third-order valence-electron chi connectivity index (χ3n) is 5.77. The van der Waals surface area contributed by atoms with Crippen molar-refractivity contribution in [3.63, 3.8) is 0 Å². The molecule has 1 N–H and O–H groups in total. The molecule has 0 radical (unpaired) electrons. The molecule has 2 heterocycles. The minimum absolute atomic E-state index is 0.120. The van der Waals surface area contributed by atoms with Crippen LogP contribution in [0.5, 0.6) is 5.75 Å². The summed E-state index contributed by atoms with van der Waals surface area (Å²) >= 11 is 0. The molecule has 0 saturated carbocycles.